The normalized spacial score (nSPS) is 16.2. The third kappa shape index (κ3) is 3.57. The Kier molecular flexibility index (Phi) is 4.59. The first-order valence-corrected chi connectivity index (χ1v) is 7.29. The fraction of sp³-hybridized carbons (Fsp3) is 0.562. The Morgan fingerprint density at radius 2 is 1.84 bits per heavy atom. The number of nitrogens with zero attached hydrogens (tertiary/aromatic N) is 1. The standard InChI is InChI=1S/C16H24N2O/c1-3-12-5-7-13(8-6-12)11-18(14-9-10-14)16(19)15(17)4-2/h5-8,14-15H,3-4,9-11,17H2,1-2H3. The molecular weight excluding hydrogens is 236 g/mol. The van der Waals surface area contributed by atoms with Crippen molar-refractivity contribution in [3.05, 3.63) is 35.4 Å². The molecule has 1 unspecified atom stereocenters. The number of hydrogen-bond acceptors (Lipinski definition) is 2. The van der Waals surface area contributed by atoms with Gasteiger partial charge in [0.2, 0.25) is 5.91 Å². The maximum Gasteiger partial charge on any atom is 0.240 e. The van der Waals surface area contributed by atoms with Crippen molar-refractivity contribution in [2.24, 2.45) is 5.73 Å². The van der Waals surface area contributed by atoms with E-state index >= 15 is 0 Å². The van der Waals surface area contributed by atoms with Crippen LogP contribution in [0.15, 0.2) is 24.3 Å². The molecule has 2 rings (SSSR count). The van der Waals surface area contributed by atoms with Crippen LogP contribution in [0.1, 0.15) is 44.2 Å². The highest BCUT2D eigenvalue weighted by atomic mass is 16.2. The smallest absolute Gasteiger partial charge is 0.240 e. The summed E-state index contributed by atoms with van der Waals surface area (Å²) in [5.74, 6) is 0.101. The highest BCUT2D eigenvalue weighted by molar-refractivity contribution is 5.82. The molecule has 0 aliphatic heterocycles. The van der Waals surface area contributed by atoms with Crippen molar-refractivity contribution in [2.75, 3.05) is 0 Å². The Labute approximate surface area is 115 Å². The number of benzene rings is 1. The van der Waals surface area contributed by atoms with Crippen LogP contribution < -0.4 is 5.73 Å². The van der Waals surface area contributed by atoms with E-state index in [-0.39, 0.29) is 11.9 Å². The summed E-state index contributed by atoms with van der Waals surface area (Å²) < 4.78 is 0. The molecule has 0 saturated heterocycles. The van der Waals surface area contributed by atoms with Gasteiger partial charge in [-0.2, -0.15) is 0 Å². The number of nitrogens with two attached hydrogens (primary N) is 1. The molecule has 1 aromatic carbocycles. The van der Waals surface area contributed by atoms with Gasteiger partial charge in [-0.25, -0.2) is 0 Å². The Hall–Kier alpha value is -1.35. The molecule has 3 heteroatoms. The quantitative estimate of drug-likeness (QED) is 0.854. The van der Waals surface area contributed by atoms with Gasteiger partial charge < -0.3 is 10.6 Å². The Bertz CT molecular complexity index is 423. The first-order valence-electron chi connectivity index (χ1n) is 7.29. The van der Waals surface area contributed by atoms with Crippen LogP contribution in [0.5, 0.6) is 0 Å². The van der Waals surface area contributed by atoms with Gasteiger partial charge in [0.25, 0.3) is 0 Å². The summed E-state index contributed by atoms with van der Waals surface area (Å²) in [5, 5.41) is 0. The first kappa shape index (κ1) is 14.1. The van der Waals surface area contributed by atoms with Gasteiger partial charge >= 0.3 is 0 Å². The SMILES string of the molecule is CCc1ccc(CN(C(=O)C(N)CC)C2CC2)cc1. The monoisotopic (exact) mass is 260 g/mol. The zero-order valence-electron chi connectivity index (χ0n) is 11.9. The summed E-state index contributed by atoms with van der Waals surface area (Å²) in [6, 6.07) is 8.60. The van der Waals surface area contributed by atoms with Gasteiger partial charge in [0.05, 0.1) is 6.04 Å². The van der Waals surface area contributed by atoms with Gasteiger partial charge in [-0.15, -0.1) is 0 Å². The van der Waals surface area contributed by atoms with E-state index in [1.54, 1.807) is 0 Å². The third-order valence-corrected chi connectivity index (χ3v) is 3.81. The van der Waals surface area contributed by atoms with E-state index < -0.39 is 0 Å². The number of rotatable bonds is 6. The molecule has 0 aromatic heterocycles. The van der Waals surface area contributed by atoms with Gasteiger partial charge in [-0.1, -0.05) is 38.1 Å². The molecule has 0 heterocycles. The number of aryl methyl sites for hydroxylation is 1. The number of amides is 1. The lowest BCUT2D eigenvalue weighted by molar-refractivity contribution is -0.133. The highest BCUT2D eigenvalue weighted by Crippen LogP contribution is 2.29. The van der Waals surface area contributed by atoms with Crippen LogP contribution >= 0.6 is 0 Å². The molecule has 1 aliphatic carbocycles. The van der Waals surface area contributed by atoms with E-state index in [1.807, 2.05) is 11.8 Å². The lowest BCUT2D eigenvalue weighted by Crippen LogP contribution is -2.44. The van der Waals surface area contributed by atoms with Crippen molar-refractivity contribution in [3.8, 4) is 0 Å². The zero-order chi connectivity index (χ0) is 13.8. The summed E-state index contributed by atoms with van der Waals surface area (Å²) >= 11 is 0. The predicted octanol–water partition coefficient (Wildman–Crippen LogP) is 2.48. The minimum atomic E-state index is -0.351. The zero-order valence-corrected chi connectivity index (χ0v) is 11.9. The van der Waals surface area contributed by atoms with Crippen LogP contribution in [0.4, 0.5) is 0 Å². The van der Waals surface area contributed by atoms with Gasteiger partial charge in [0.15, 0.2) is 0 Å². The number of hydrogen-bond donors (Lipinski definition) is 1. The van der Waals surface area contributed by atoms with E-state index in [0.29, 0.717) is 19.0 Å². The van der Waals surface area contributed by atoms with Crippen molar-refractivity contribution in [1.82, 2.24) is 4.90 Å². The van der Waals surface area contributed by atoms with Crippen LogP contribution in [0.25, 0.3) is 0 Å². The summed E-state index contributed by atoms with van der Waals surface area (Å²) in [6.07, 6.45) is 3.99. The minimum absolute atomic E-state index is 0.101. The lowest BCUT2D eigenvalue weighted by atomic mass is 10.1. The second-order valence-electron chi connectivity index (χ2n) is 5.38. The van der Waals surface area contributed by atoms with Crippen molar-refractivity contribution in [1.29, 1.82) is 0 Å². The van der Waals surface area contributed by atoms with E-state index in [2.05, 4.69) is 31.2 Å². The van der Waals surface area contributed by atoms with Crippen molar-refractivity contribution >= 4 is 5.91 Å². The molecule has 0 radical (unpaired) electrons. The molecule has 0 bridgehead atoms. The largest absolute Gasteiger partial charge is 0.334 e. The fourth-order valence-electron chi connectivity index (χ4n) is 2.24. The lowest BCUT2D eigenvalue weighted by Gasteiger charge is -2.25. The minimum Gasteiger partial charge on any atom is -0.334 e. The molecule has 1 atom stereocenters. The number of carbonyl (C=O) groups excluding carboxylic acids is 1. The average molecular weight is 260 g/mol. The molecule has 3 nitrogen and oxygen atoms in total. The average Bonchev–Trinajstić information content (AvgIpc) is 3.28. The van der Waals surface area contributed by atoms with Gasteiger partial charge in [-0.05, 0) is 36.8 Å². The Morgan fingerprint density at radius 1 is 1.26 bits per heavy atom. The Morgan fingerprint density at radius 3 is 2.32 bits per heavy atom. The molecule has 104 valence electrons. The molecule has 1 aliphatic rings. The summed E-state index contributed by atoms with van der Waals surface area (Å²) in [6.45, 7) is 4.81. The molecule has 1 aromatic rings. The third-order valence-electron chi connectivity index (χ3n) is 3.81. The maximum absolute atomic E-state index is 12.3. The predicted molar refractivity (Wildman–Crippen MR) is 77.7 cm³/mol. The second-order valence-corrected chi connectivity index (χ2v) is 5.38. The van der Waals surface area contributed by atoms with E-state index in [1.165, 1.54) is 11.1 Å². The van der Waals surface area contributed by atoms with Crippen molar-refractivity contribution < 1.29 is 4.79 Å². The summed E-state index contributed by atoms with van der Waals surface area (Å²) in [5.41, 5.74) is 8.42. The highest BCUT2D eigenvalue weighted by Gasteiger charge is 2.34. The van der Waals surface area contributed by atoms with Crippen LogP contribution in [0.3, 0.4) is 0 Å². The molecule has 1 amide bonds. The van der Waals surface area contributed by atoms with Crippen LogP contribution in [-0.4, -0.2) is 22.9 Å². The molecule has 0 spiro atoms. The Balaban J connectivity index is 2.05. The molecule has 2 N–H and O–H groups in total. The maximum atomic E-state index is 12.3. The summed E-state index contributed by atoms with van der Waals surface area (Å²) in [4.78, 5) is 14.3. The van der Waals surface area contributed by atoms with Crippen LogP contribution in [0.2, 0.25) is 0 Å². The molecule has 1 saturated carbocycles. The van der Waals surface area contributed by atoms with E-state index in [0.717, 1.165) is 19.3 Å². The van der Waals surface area contributed by atoms with Gasteiger partial charge in [0.1, 0.15) is 0 Å². The molecule has 1 fully saturated rings. The second kappa shape index (κ2) is 6.20. The van der Waals surface area contributed by atoms with E-state index in [9.17, 15) is 4.79 Å². The van der Waals surface area contributed by atoms with Crippen molar-refractivity contribution in [3.63, 3.8) is 0 Å². The topological polar surface area (TPSA) is 46.3 Å². The molecular formula is C16H24N2O. The summed E-state index contributed by atoms with van der Waals surface area (Å²) in [7, 11) is 0. The number of carbonyl (C=O) groups is 1. The van der Waals surface area contributed by atoms with Gasteiger partial charge in [-0.3, -0.25) is 4.79 Å². The molecule has 19 heavy (non-hydrogen) atoms. The van der Waals surface area contributed by atoms with Crippen LogP contribution in [0, 0.1) is 0 Å². The van der Waals surface area contributed by atoms with Crippen molar-refractivity contribution in [2.45, 2.75) is 58.2 Å². The van der Waals surface area contributed by atoms with E-state index in [4.69, 9.17) is 5.73 Å². The van der Waals surface area contributed by atoms with Gasteiger partial charge in [0, 0.05) is 12.6 Å². The first-order chi connectivity index (χ1) is 9.15. The van der Waals surface area contributed by atoms with Crippen LogP contribution in [-0.2, 0) is 17.8 Å². The fourth-order valence-corrected chi connectivity index (χ4v) is 2.24.